The van der Waals surface area contributed by atoms with Crippen LogP contribution in [0, 0.1) is 11.6 Å². The van der Waals surface area contributed by atoms with Gasteiger partial charge in [0, 0.05) is 26.2 Å². The first kappa shape index (κ1) is 23.8. The maximum Gasteiger partial charge on any atom is 0.326 e. The largest absolute Gasteiger partial charge is 0.379 e. The molecule has 0 bridgehead atoms. The predicted molar refractivity (Wildman–Crippen MR) is 142 cm³/mol. The van der Waals surface area contributed by atoms with E-state index in [0.29, 0.717) is 19.4 Å². The molecule has 7 heteroatoms. The van der Waals surface area contributed by atoms with Gasteiger partial charge in [0.15, 0.2) is 0 Å². The molecule has 1 aliphatic carbocycles. The lowest BCUT2D eigenvalue weighted by atomic mass is 9.92. The first-order valence-corrected chi connectivity index (χ1v) is 12.9. The highest BCUT2D eigenvalue weighted by Crippen LogP contribution is 2.36. The highest BCUT2D eigenvalue weighted by atomic mass is 19.1. The van der Waals surface area contributed by atoms with Gasteiger partial charge in [-0.1, -0.05) is 18.2 Å². The second-order valence-corrected chi connectivity index (χ2v) is 9.83. The third kappa shape index (κ3) is 4.89. The van der Waals surface area contributed by atoms with Gasteiger partial charge in [-0.15, -0.1) is 0 Å². The Morgan fingerprint density at radius 1 is 0.865 bits per heavy atom. The summed E-state index contributed by atoms with van der Waals surface area (Å²) in [7, 11) is 0. The first-order chi connectivity index (χ1) is 18.0. The van der Waals surface area contributed by atoms with Crippen LogP contribution in [0.1, 0.15) is 34.2 Å². The average Bonchev–Trinajstić information content (AvgIpc) is 3.13. The van der Waals surface area contributed by atoms with Crippen LogP contribution in [-0.4, -0.2) is 47.3 Å². The lowest BCUT2D eigenvalue weighted by Gasteiger charge is -2.26. The Balaban J connectivity index is 1.34. The Morgan fingerprint density at radius 2 is 1.54 bits per heavy atom. The van der Waals surface area contributed by atoms with Gasteiger partial charge < -0.3 is 9.72 Å². The maximum atomic E-state index is 14.1. The molecule has 0 radical (unpaired) electrons. The zero-order chi connectivity index (χ0) is 25.4. The normalized spacial score (nSPS) is 15.9. The molecule has 6 rings (SSSR count). The molecule has 0 spiro atoms. The standard InChI is InChI=1S/C30H29F2N3O2/c31-23-5-7-25-21(18-23)3-4-22-19-24(32)6-8-26(22)27(25)16-20-2-9-29-28(17-20)33-30(36)35(29)11-1-10-34-12-14-37-15-13-34/h2,5-9,16-19H,1,3-4,10-15H2,(H,33,36). The zero-order valence-electron chi connectivity index (χ0n) is 20.6. The molecule has 1 fully saturated rings. The monoisotopic (exact) mass is 501 g/mol. The lowest BCUT2D eigenvalue weighted by Crippen LogP contribution is -2.37. The van der Waals surface area contributed by atoms with E-state index < -0.39 is 0 Å². The molecule has 4 aromatic rings. The molecule has 0 saturated carbocycles. The van der Waals surface area contributed by atoms with Gasteiger partial charge in [0.25, 0.3) is 0 Å². The molecule has 1 aliphatic heterocycles. The molecule has 0 amide bonds. The van der Waals surface area contributed by atoms with Crippen molar-refractivity contribution in [1.29, 1.82) is 0 Å². The minimum absolute atomic E-state index is 0.113. The first-order valence-electron chi connectivity index (χ1n) is 12.9. The number of nitrogens with one attached hydrogen (secondary N) is 1. The van der Waals surface area contributed by atoms with Crippen LogP contribution < -0.4 is 5.69 Å². The Labute approximate surface area is 214 Å². The van der Waals surface area contributed by atoms with Crippen molar-refractivity contribution in [3.63, 3.8) is 0 Å². The van der Waals surface area contributed by atoms with Gasteiger partial charge in [-0.25, -0.2) is 13.6 Å². The number of H-pyrrole nitrogens is 1. The van der Waals surface area contributed by atoms with E-state index in [0.717, 1.165) is 83.7 Å². The highest BCUT2D eigenvalue weighted by molar-refractivity contribution is 5.95. The molecule has 1 saturated heterocycles. The number of nitrogens with zero attached hydrogens (tertiary/aromatic N) is 2. The number of fused-ring (bicyclic) bond motifs is 3. The lowest BCUT2D eigenvalue weighted by molar-refractivity contribution is 0.0369. The Morgan fingerprint density at radius 3 is 2.22 bits per heavy atom. The Kier molecular flexibility index (Phi) is 6.49. The van der Waals surface area contributed by atoms with Gasteiger partial charge in [0.2, 0.25) is 0 Å². The average molecular weight is 502 g/mol. The number of aromatic nitrogens is 2. The third-order valence-electron chi connectivity index (χ3n) is 7.45. The second kappa shape index (κ2) is 10.1. The Hall–Kier alpha value is -3.55. The molecule has 2 aliphatic rings. The third-order valence-corrected chi connectivity index (χ3v) is 7.45. The molecule has 190 valence electrons. The van der Waals surface area contributed by atoms with Gasteiger partial charge in [-0.2, -0.15) is 0 Å². The van der Waals surface area contributed by atoms with E-state index in [4.69, 9.17) is 4.74 Å². The van der Waals surface area contributed by atoms with Crippen LogP contribution in [0.25, 0.3) is 22.7 Å². The van der Waals surface area contributed by atoms with Gasteiger partial charge in [-0.05, 0) is 95.1 Å². The van der Waals surface area contributed by atoms with Crippen molar-refractivity contribution in [2.75, 3.05) is 32.8 Å². The molecule has 37 heavy (non-hydrogen) atoms. The summed E-state index contributed by atoms with van der Waals surface area (Å²) in [6.07, 6.45) is 4.22. The quantitative estimate of drug-likeness (QED) is 0.418. The topological polar surface area (TPSA) is 50.3 Å². The SMILES string of the molecule is O=c1[nH]c2cc(C=C3c4ccc(F)cc4CCc4cc(F)ccc43)ccc2n1CCCN1CCOCC1. The fourth-order valence-electron chi connectivity index (χ4n) is 5.57. The van der Waals surface area contributed by atoms with E-state index in [1.54, 1.807) is 28.8 Å². The fourth-order valence-corrected chi connectivity index (χ4v) is 5.57. The van der Waals surface area contributed by atoms with Gasteiger partial charge in [0.05, 0.1) is 24.2 Å². The van der Waals surface area contributed by atoms with Gasteiger partial charge in [0.1, 0.15) is 11.6 Å². The number of rotatable bonds is 5. The van der Waals surface area contributed by atoms with E-state index in [1.807, 2.05) is 24.3 Å². The number of hydrogen-bond donors (Lipinski definition) is 1. The molecular weight excluding hydrogens is 472 g/mol. The summed E-state index contributed by atoms with van der Waals surface area (Å²) in [6.45, 7) is 4.99. The number of hydrogen-bond acceptors (Lipinski definition) is 3. The van der Waals surface area contributed by atoms with Crippen LogP contribution in [0.2, 0.25) is 0 Å². The zero-order valence-corrected chi connectivity index (χ0v) is 20.6. The number of aryl methyl sites for hydroxylation is 3. The van der Waals surface area contributed by atoms with Crippen molar-refractivity contribution in [1.82, 2.24) is 14.5 Å². The van der Waals surface area contributed by atoms with E-state index in [1.165, 1.54) is 12.1 Å². The van der Waals surface area contributed by atoms with Crippen LogP contribution in [0.3, 0.4) is 0 Å². The number of ether oxygens (including phenoxy) is 1. The van der Waals surface area contributed by atoms with E-state index in [2.05, 4.69) is 9.88 Å². The van der Waals surface area contributed by atoms with E-state index in [9.17, 15) is 13.6 Å². The molecule has 1 N–H and O–H groups in total. The molecule has 1 aromatic heterocycles. The summed E-state index contributed by atoms with van der Waals surface area (Å²) < 4.78 is 35.3. The number of halogens is 2. The minimum Gasteiger partial charge on any atom is -0.379 e. The van der Waals surface area contributed by atoms with Crippen molar-refractivity contribution in [2.45, 2.75) is 25.8 Å². The fraction of sp³-hybridized carbons (Fsp3) is 0.300. The van der Waals surface area contributed by atoms with Crippen molar-refractivity contribution in [2.24, 2.45) is 0 Å². The number of morpholine rings is 1. The van der Waals surface area contributed by atoms with Gasteiger partial charge >= 0.3 is 5.69 Å². The van der Waals surface area contributed by atoms with Crippen molar-refractivity contribution >= 4 is 22.7 Å². The van der Waals surface area contributed by atoms with Crippen LogP contribution in [0.15, 0.2) is 59.4 Å². The van der Waals surface area contributed by atoms with E-state index in [-0.39, 0.29) is 17.3 Å². The van der Waals surface area contributed by atoms with Crippen LogP contribution in [0.5, 0.6) is 0 Å². The molecule has 0 atom stereocenters. The summed E-state index contributed by atoms with van der Waals surface area (Å²) >= 11 is 0. The predicted octanol–water partition coefficient (Wildman–Crippen LogP) is 5.02. The van der Waals surface area contributed by atoms with Crippen LogP contribution in [-0.2, 0) is 24.1 Å². The number of aromatic amines is 1. The van der Waals surface area contributed by atoms with Gasteiger partial charge in [-0.3, -0.25) is 9.47 Å². The summed E-state index contributed by atoms with van der Waals surface area (Å²) in [5, 5.41) is 0. The number of benzene rings is 3. The summed E-state index contributed by atoms with van der Waals surface area (Å²) in [5.74, 6) is -0.548. The smallest absolute Gasteiger partial charge is 0.326 e. The molecule has 3 aromatic carbocycles. The highest BCUT2D eigenvalue weighted by Gasteiger charge is 2.20. The van der Waals surface area contributed by atoms with Crippen molar-refractivity contribution in [3.05, 3.63) is 105 Å². The maximum absolute atomic E-state index is 14.1. The second-order valence-electron chi connectivity index (χ2n) is 9.83. The molecule has 2 heterocycles. The molecule has 0 unspecified atom stereocenters. The summed E-state index contributed by atoms with van der Waals surface area (Å²) in [4.78, 5) is 18.1. The molecular formula is C30H29F2N3O2. The minimum atomic E-state index is -0.274. The van der Waals surface area contributed by atoms with Crippen molar-refractivity contribution in [3.8, 4) is 0 Å². The summed E-state index contributed by atoms with van der Waals surface area (Å²) in [6, 6.07) is 15.6. The van der Waals surface area contributed by atoms with E-state index >= 15 is 0 Å². The molecule has 5 nitrogen and oxygen atoms in total. The van der Waals surface area contributed by atoms with Crippen LogP contribution in [0.4, 0.5) is 8.78 Å². The van der Waals surface area contributed by atoms with Crippen molar-refractivity contribution < 1.29 is 13.5 Å². The summed E-state index contributed by atoms with van der Waals surface area (Å²) in [5.41, 5.74) is 7.08. The number of imidazole rings is 1. The van der Waals surface area contributed by atoms with Crippen LogP contribution >= 0.6 is 0 Å². The Bertz CT molecular complexity index is 1490.